The molecule has 0 aromatic carbocycles. The fraction of sp³-hybridized carbons (Fsp3) is 1.00. The van der Waals surface area contributed by atoms with Crippen LogP contribution < -0.4 is 5.73 Å². The van der Waals surface area contributed by atoms with E-state index in [1.807, 2.05) is 13.8 Å². The first-order chi connectivity index (χ1) is 5.40. The Morgan fingerprint density at radius 3 is 1.46 bits per heavy atom. The summed E-state index contributed by atoms with van der Waals surface area (Å²) in [6.45, 7) is 10.0. The van der Waals surface area contributed by atoms with Crippen LogP contribution in [0, 0.1) is 10.6 Å². The number of hydrogen-bond donors (Lipinski definition) is 1. The van der Waals surface area contributed by atoms with E-state index in [1.165, 1.54) is 0 Å². The standard InChI is InChI=1S/C10H24N2O/c1-9(2,3)8(11)10(4,5)12(6,7)13/h8H,11H2,1-7H3. The minimum atomic E-state index is -0.460. The minimum Gasteiger partial charge on any atom is -0.633 e. The molecule has 0 aliphatic rings. The van der Waals surface area contributed by atoms with Crippen LogP contribution in [0.25, 0.3) is 0 Å². The van der Waals surface area contributed by atoms with E-state index in [0.29, 0.717) is 0 Å². The number of rotatable bonds is 2. The molecule has 0 aliphatic carbocycles. The molecule has 0 amide bonds. The highest BCUT2D eigenvalue weighted by Gasteiger charge is 2.42. The second-order valence-corrected chi connectivity index (χ2v) is 5.85. The average molecular weight is 188 g/mol. The van der Waals surface area contributed by atoms with Gasteiger partial charge >= 0.3 is 0 Å². The molecule has 1 atom stereocenters. The summed E-state index contributed by atoms with van der Waals surface area (Å²) in [5, 5.41) is 11.9. The number of hydrogen-bond acceptors (Lipinski definition) is 2. The molecule has 0 spiro atoms. The number of nitrogens with two attached hydrogens (primary N) is 1. The summed E-state index contributed by atoms with van der Waals surface area (Å²) in [4.78, 5) is 0. The molecule has 0 heterocycles. The highest BCUT2D eigenvalue weighted by molar-refractivity contribution is 4.91. The Morgan fingerprint density at radius 2 is 1.38 bits per heavy atom. The van der Waals surface area contributed by atoms with E-state index in [4.69, 9.17) is 5.73 Å². The van der Waals surface area contributed by atoms with E-state index < -0.39 is 5.54 Å². The predicted molar refractivity (Wildman–Crippen MR) is 57.0 cm³/mol. The topological polar surface area (TPSA) is 49.1 Å². The van der Waals surface area contributed by atoms with Crippen LogP contribution in [-0.2, 0) is 0 Å². The third kappa shape index (κ3) is 2.66. The molecule has 0 aliphatic heterocycles. The second kappa shape index (κ2) is 3.23. The summed E-state index contributed by atoms with van der Waals surface area (Å²) in [6, 6.07) is -0.118. The number of likely N-dealkylation sites (N-methyl/N-ethyl adjacent to an activating group) is 1. The predicted octanol–water partition coefficient (Wildman–Crippen LogP) is 1.71. The summed E-state index contributed by atoms with van der Waals surface area (Å²) in [7, 11) is 3.29. The molecule has 80 valence electrons. The van der Waals surface area contributed by atoms with Crippen molar-refractivity contribution in [2.45, 2.75) is 46.2 Å². The molecule has 0 saturated heterocycles. The van der Waals surface area contributed by atoms with Crippen molar-refractivity contribution in [3.8, 4) is 0 Å². The highest BCUT2D eigenvalue weighted by Crippen LogP contribution is 2.32. The molecule has 2 N–H and O–H groups in total. The van der Waals surface area contributed by atoms with E-state index in [0.717, 1.165) is 0 Å². The van der Waals surface area contributed by atoms with E-state index >= 15 is 0 Å². The van der Waals surface area contributed by atoms with Gasteiger partial charge in [0.25, 0.3) is 0 Å². The molecular formula is C10H24N2O. The zero-order chi connectivity index (χ0) is 11.1. The molecule has 0 bridgehead atoms. The maximum absolute atomic E-state index is 11.9. The van der Waals surface area contributed by atoms with Crippen molar-refractivity contribution in [3.63, 3.8) is 0 Å². The van der Waals surface area contributed by atoms with Crippen LogP contribution in [0.15, 0.2) is 0 Å². The van der Waals surface area contributed by atoms with Crippen molar-refractivity contribution in [1.82, 2.24) is 0 Å². The van der Waals surface area contributed by atoms with Crippen molar-refractivity contribution in [1.29, 1.82) is 0 Å². The molecule has 0 rings (SSSR count). The first-order valence-corrected chi connectivity index (χ1v) is 4.71. The molecular weight excluding hydrogens is 164 g/mol. The Bertz CT molecular complexity index is 174. The number of hydroxylamine groups is 3. The van der Waals surface area contributed by atoms with E-state index in [9.17, 15) is 5.21 Å². The van der Waals surface area contributed by atoms with Gasteiger partial charge in [0.15, 0.2) is 0 Å². The van der Waals surface area contributed by atoms with Gasteiger partial charge in [-0.1, -0.05) is 20.8 Å². The Balaban J connectivity index is 4.86. The van der Waals surface area contributed by atoms with Gasteiger partial charge in [-0.15, -0.1) is 0 Å². The molecule has 3 nitrogen and oxygen atoms in total. The van der Waals surface area contributed by atoms with Crippen LogP contribution in [0.2, 0.25) is 0 Å². The lowest BCUT2D eigenvalue weighted by molar-refractivity contribution is -0.893. The van der Waals surface area contributed by atoms with E-state index in [-0.39, 0.29) is 16.1 Å². The van der Waals surface area contributed by atoms with Crippen LogP contribution in [0.1, 0.15) is 34.6 Å². The average Bonchev–Trinajstić information content (AvgIpc) is 1.81. The third-order valence-electron chi connectivity index (χ3n) is 3.08. The Hall–Kier alpha value is -0.120. The smallest absolute Gasteiger partial charge is 0.109 e. The number of quaternary nitrogens is 1. The molecule has 0 fully saturated rings. The summed E-state index contributed by atoms with van der Waals surface area (Å²) in [5.41, 5.74) is 5.60. The van der Waals surface area contributed by atoms with Crippen molar-refractivity contribution < 1.29 is 4.65 Å². The first-order valence-electron chi connectivity index (χ1n) is 4.71. The highest BCUT2D eigenvalue weighted by atomic mass is 16.5. The minimum absolute atomic E-state index is 0.0383. The van der Waals surface area contributed by atoms with Gasteiger partial charge in [-0.2, -0.15) is 0 Å². The Kier molecular flexibility index (Phi) is 3.20. The van der Waals surface area contributed by atoms with Crippen molar-refractivity contribution in [2.75, 3.05) is 14.1 Å². The third-order valence-corrected chi connectivity index (χ3v) is 3.08. The molecule has 1 unspecified atom stereocenters. The monoisotopic (exact) mass is 188 g/mol. The molecule has 3 heteroatoms. The van der Waals surface area contributed by atoms with Gasteiger partial charge in [0.2, 0.25) is 0 Å². The van der Waals surface area contributed by atoms with Crippen LogP contribution >= 0.6 is 0 Å². The zero-order valence-corrected chi connectivity index (χ0v) is 10.0. The van der Waals surface area contributed by atoms with Crippen LogP contribution in [0.4, 0.5) is 0 Å². The lowest BCUT2D eigenvalue weighted by atomic mass is 9.76. The lowest BCUT2D eigenvalue weighted by Crippen LogP contribution is -2.65. The van der Waals surface area contributed by atoms with Gasteiger partial charge in [0.1, 0.15) is 5.54 Å². The molecule has 13 heavy (non-hydrogen) atoms. The van der Waals surface area contributed by atoms with Gasteiger partial charge in [-0.25, -0.2) is 0 Å². The van der Waals surface area contributed by atoms with Crippen molar-refractivity contribution >= 4 is 0 Å². The van der Waals surface area contributed by atoms with Crippen LogP contribution in [0.5, 0.6) is 0 Å². The van der Waals surface area contributed by atoms with Gasteiger partial charge in [-0.05, 0) is 19.3 Å². The maximum atomic E-state index is 11.9. The summed E-state index contributed by atoms with van der Waals surface area (Å²) in [6.07, 6.45) is 0. The first kappa shape index (κ1) is 12.9. The van der Waals surface area contributed by atoms with Gasteiger partial charge < -0.3 is 15.6 Å². The van der Waals surface area contributed by atoms with Crippen molar-refractivity contribution in [2.24, 2.45) is 11.1 Å². The van der Waals surface area contributed by atoms with Gasteiger partial charge in [0, 0.05) is 0 Å². The largest absolute Gasteiger partial charge is 0.633 e. The Morgan fingerprint density at radius 1 is 1.08 bits per heavy atom. The quantitative estimate of drug-likeness (QED) is 0.530. The fourth-order valence-electron chi connectivity index (χ4n) is 1.39. The number of nitrogens with zero attached hydrogens (tertiary/aromatic N) is 1. The normalized spacial score (nSPS) is 17.3. The van der Waals surface area contributed by atoms with Gasteiger partial charge in [0.05, 0.1) is 20.1 Å². The fourth-order valence-corrected chi connectivity index (χ4v) is 1.39. The molecule has 0 radical (unpaired) electrons. The molecule has 0 saturated carbocycles. The summed E-state index contributed by atoms with van der Waals surface area (Å²) in [5.74, 6) is 0. The van der Waals surface area contributed by atoms with E-state index in [1.54, 1.807) is 14.1 Å². The summed E-state index contributed by atoms with van der Waals surface area (Å²) < 4.78 is -0.356. The Labute approximate surface area is 82.1 Å². The van der Waals surface area contributed by atoms with E-state index in [2.05, 4.69) is 20.8 Å². The van der Waals surface area contributed by atoms with Gasteiger partial charge in [-0.3, -0.25) is 0 Å². The summed E-state index contributed by atoms with van der Waals surface area (Å²) >= 11 is 0. The zero-order valence-electron chi connectivity index (χ0n) is 10.0. The second-order valence-electron chi connectivity index (χ2n) is 5.85. The lowest BCUT2D eigenvalue weighted by Gasteiger charge is -2.54. The SMILES string of the molecule is CC(C)(C)C(N)C(C)(C)[N+](C)(C)[O-]. The maximum Gasteiger partial charge on any atom is 0.109 e. The van der Waals surface area contributed by atoms with Crippen LogP contribution in [0.3, 0.4) is 0 Å². The van der Waals surface area contributed by atoms with Crippen LogP contribution in [-0.4, -0.2) is 30.3 Å². The van der Waals surface area contributed by atoms with Crippen molar-refractivity contribution in [3.05, 3.63) is 5.21 Å². The molecule has 0 aromatic rings. The molecule has 0 aromatic heterocycles.